The molecular weight excluding hydrogens is 274 g/mol. The highest BCUT2D eigenvalue weighted by atomic mass is 16.4. The van der Waals surface area contributed by atoms with Crippen molar-refractivity contribution in [3.63, 3.8) is 0 Å². The van der Waals surface area contributed by atoms with Crippen LogP contribution in [0.3, 0.4) is 0 Å². The SMILES string of the molecule is Cc1ccc(C#N)cc1NC(=O)c1cn(CC(=O)O)nn1. The summed E-state index contributed by atoms with van der Waals surface area (Å²) in [6.07, 6.45) is 1.24. The summed E-state index contributed by atoms with van der Waals surface area (Å²) in [5, 5.41) is 27.2. The summed E-state index contributed by atoms with van der Waals surface area (Å²) in [5.41, 5.74) is 1.70. The zero-order chi connectivity index (χ0) is 15.4. The molecule has 2 N–H and O–H groups in total. The number of hydrogen-bond acceptors (Lipinski definition) is 5. The van der Waals surface area contributed by atoms with Gasteiger partial charge in [-0.15, -0.1) is 5.10 Å². The van der Waals surface area contributed by atoms with Crippen LogP contribution in [0.25, 0.3) is 0 Å². The number of anilines is 1. The molecule has 0 aliphatic carbocycles. The second-order valence-electron chi connectivity index (χ2n) is 4.29. The number of aromatic nitrogens is 3. The Labute approximate surface area is 119 Å². The lowest BCUT2D eigenvalue weighted by molar-refractivity contribution is -0.137. The highest BCUT2D eigenvalue weighted by Gasteiger charge is 2.13. The van der Waals surface area contributed by atoms with E-state index in [-0.39, 0.29) is 12.2 Å². The Morgan fingerprint density at radius 3 is 2.90 bits per heavy atom. The monoisotopic (exact) mass is 285 g/mol. The molecule has 0 saturated carbocycles. The molecule has 0 fully saturated rings. The van der Waals surface area contributed by atoms with Crippen molar-refractivity contribution in [2.45, 2.75) is 13.5 Å². The zero-order valence-electron chi connectivity index (χ0n) is 11.1. The third-order valence-electron chi connectivity index (χ3n) is 2.68. The van der Waals surface area contributed by atoms with E-state index >= 15 is 0 Å². The van der Waals surface area contributed by atoms with Crippen LogP contribution < -0.4 is 5.32 Å². The van der Waals surface area contributed by atoms with Crippen molar-refractivity contribution in [2.75, 3.05) is 5.32 Å². The number of amides is 1. The number of benzene rings is 1. The van der Waals surface area contributed by atoms with E-state index in [4.69, 9.17) is 10.4 Å². The van der Waals surface area contributed by atoms with Gasteiger partial charge in [-0.1, -0.05) is 11.3 Å². The number of nitriles is 1. The van der Waals surface area contributed by atoms with E-state index in [1.807, 2.05) is 6.07 Å². The number of carboxylic acid groups (broad SMARTS) is 1. The highest BCUT2D eigenvalue weighted by Crippen LogP contribution is 2.17. The van der Waals surface area contributed by atoms with Gasteiger partial charge >= 0.3 is 5.97 Å². The van der Waals surface area contributed by atoms with Crippen molar-refractivity contribution >= 4 is 17.6 Å². The van der Waals surface area contributed by atoms with Crippen LogP contribution in [0.1, 0.15) is 21.6 Å². The second kappa shape index (κ2) is 5.83. The van der Waals surface area contributed by atoms with Gasteiger partial charge in [0.2, 0.25) is 0 Å². The number of carbonyl (C=O) groups is 2. The topological polar surface area (TPSA) is 121 Å². The third kappa shape index (κ3) is 3.42. The van der Waals surface area contributed by atoms with Crippen LogP contribution in [0.5, 0.6) is 0 Å². The van der Waals surface area contributed by atoms with Crippen LogP contribution in [-0.2, 0) is 11.3 Å². The molecule has 1 aromatic heterocycles. The molecule has 1 aromatic carbocycles. The molecule has 0 bridgehead atoms. The Hall–Kier alpha value is -3.21. The summed E-state index contributed by atoms with van der Waals surface area (Å²) in [6.45, 7) is 1.42. The Morgan fingerprint density at radius 1 is 1.48 bits per heavy atom. The van der Waals surface area contributed by atoms with Crippen LogP contribution in [-0.4, -0.2) is 32.0 Å². The van der Waals surface area contributed by atoms with E-state index in [0.29, 0.717) is 11.3 Å². The van der Waals surface area contributed by atoms with Gasteiger partial charge in [0.15, 0.2) is 5.69 Å². The Balaban J connectivity index is 2.16. The van der Waals surface area contributed by atoms with Gasteiger partial charge < -0.3 is 10.4 Å². The molecule has 2 aromatic rings. The Bertz CT molecular complexity index is 745. The lowest BCUT2D eigenvalue weighted by Gasteiger charge is -2.06. The molecule has 106 valence electrons. The van der Waals surface area contributed by atoms with Crippen molar-refractivity contribution in [3.8, 4) is 6.07 Å². The number of rotatable bonds is 4. The van der Waals surface area contributed by atoms with Crippen LogP contribution in [0, 0.1) is 18.3 Å². The maximum atomic E-state index is 12.0. The minimum Gasteiger partial charge on any atom is -0.480 e. The predicted molar refractivity (Wildman–Crippen MR) is 71.5 cm³/mol. The third-order valence-corrected chi connectivity index (χ3v) is 2.68. The van der Waals surface area contributed by atoms with Crippen molar-refractivity contribution in [1.82, 2.24) is 15.0 Å². The van der Waals surface area contributed by atoms with Crippen molar-refractivity contribution < 1.29 is 14.7 Å². The lowest BCUT2D eigenvalue weighted by atomic mass is 10.1. The van der Waals surface area contributed by atoms with Gasteiger partial charge in [-0.05, 0) is 24.6 Å². The first kappa shape index (κ1) is 14.2. The number of nitrogens with zero attached hydrogens (tertiary/aromatic N) is 4. The number of nitrogens with one attached hydrogen (secondary N) is 1. The van der Waals surface area contributed by atoms with Crippen molar-refractivity contribution in [2.24, 2.45) is 0 Å². The van der Waals surface area contributed by atoms with Gasteiger partial charge in [0.05, 0.1) is 17.8 Å². The van der Waals surface area contributed by atoms with Crippen LogP contribution >= 0.6 is 0 Å². The quantitative estimate of drug-likeness (QED) is 0.856. The molecule has 21 heavy (non-hydrogen) atoms. The molecular formula is C13H11N5O3. The molecule has 8 heteroatoms. The summed E-state index contributed by atoms with van der Waals surface area (Å²) in [7, 11) is 0. The zero-order valence-corrected chi connectivity index (χ0v) is 11.1. The molecule has 0 radical (unpaired) electrons. The second-order valence-corrected chi connectivity index (χ2v) is 4.29. The molecule has 0 atom stereocenters. The van der Waals surface area contributed by atoms with Crippen molar-refractivity contribution in [1.29, 1.82) is 5.26 Å². The van der Waals surface area contributed by atoms with Gasteiger partial charge in [0.1, 0.15) is 6.54 Å². The first-order valence-corrected chi connectivity index (χ1v) is 5.93. The largest absolute Gasteiger partial charge is 0.480 e. The lowest BCUT2D eigenvalue weighted by Crippen LogP contribution is -2.13. The van der Waals surface area contributed by atoms with Gasteiger partial charge in [0, 0.05) is 5.69 Å². The number of aryl methyl sites for hydroxylation is 1. The number of carbonyl (C=O) groups excluding carboxylic acids is 1. The van der Waals surface area contributed by atoms with Crippen LogP contribution in [0.4, 0.5) is 5.69 Å². The van der Waals surface area contributed by atoms with E-state index in [0.717, 1.165) is 10.2 Å². The molecule has 0 saturated heterocycles. The van der Waals surface area contributed by atoms with Crippen LogP contribution in [0.15, 0.2) is 24.4 Å². The first-order valence-electron chi connectivity index (χ1n) is 5.93. The minimum absolute atomic E-state index is 0.00184. The normalized spacial score (nSPS) is 9.90. The molecule has 8 nitrogen and oxygen atoms in total. The molecule has 0 spiro atoms. The average molecular weight is 285 g/mol. The highest BCUT2D eigenvalue weighted by molar-refractivity contribution is 6.03. The maximum Gasteiger partial charge on any atom is 0.325 e. The molecule has 0 aliphatic heterocycles. The number of aliphatic carboxylic acids is 1. The van der Waals surface area contributed by atoms with Gasteiger partial charge in [-0.2, -0.15) is 5.26 Å². The van der Waals surface area contributed by atoms with E-state index in [1.54, 1.807) is 25.1 Å². The van der Waals surface area contributed by atoms with Gasteiger partial charge in [-0.25, -0.2) is 4.68 Å². The maximum absolute atomic E-state index is 12.0. The molecule has 2 rings (SSSR count). The van der Waals surface area contributed by atoms with Crippen LogP contribution in [0.2, 0.25) is 0 Å². The molecule has 1 heterocycles. The molecule has 1 amide bonds. The first-order chi connectivity index (χ1) is 9.99. The summed E-state index contributed by atoms with van der Waals surface area (Å²) in [5.74, 6) is -1.60. The fourth-order valence-corrected chi connectivity index (χ4v) is 1.63. The van der Waals surface area contributed by atoms with Crippen molar-refractivity contribution in [3.05, 3.63) is 41.2 Å². The Kier molecular flexibility index (Phi) is 3.95. The van der Waals surface area contributed by atoms with Gasteiger partial charge in [0.25, 0.3) is 5.91 Å². The summed E-state index contributed by atoms with van der Waals surface area (Å²) >= 11 is 0. The smallest absolute Gasteiger partial charge is 0.325 e. The van der Waals surface area contributed by atoms with E-state index in [2.05, 4.69) is 15.6 Å². The fraction of sp³-hybridized carbons (Fsp3) is 0.154. The number of hydrogen-bond donors (Lipinski definition) is 2. The predicted octanol–water partition coefficient (Wildman–Crippen LogP) is 0.795. The Morgan fingerprint density at radius 2 is 2.24 bits per heavy atom. The summed E-state index contributed by atoms with van der Waals surface area (Å²) in [4.78, 5) is 22.5. The number of carboxylic acids is 1. The van der Waals surface area contributed by atoms with E-state index in [1.165, 1.54) is 6.20 Å². The minimum atomic E-state index is -1.08. The average Bonchev–Trinajstić information content (AvgIpc) is 2.89. The standard InChI is InChI=1S/C13H11N5O3/c1-8-2-3-9(5-14)4-10(8)15-13(21)11-6-18(17-16-11)7-12(19)20/h2-4,6H,7H2,1H3,(H,15,21)(H,19,20). The molecule has 0 aliphatic rings. The summed E-state index contributed by atoms with van der Waals surface area (Å²) in [6, 6.07) is 6.90. The molecule has 0 unspecified atom stereocenters. The van der Waals surface area contributed by atoms with E-state index in [9.17, 15) is 9.59 Å². The van der Waals surface area contributed by atoms with E-state index < -0.39 is 11.9 Å². The fourth-order valence-electron chi connectivity index (χ4n) is 1.63. The summed E-state index contributed by atoms with van der Waals surface area (Å²) < 4.78 is 1.05. The van der Waals surface area contributed by atoms with Gasteiger partial charge in [-0.3, -0.25) is 9.59 Å².